The van der Waals surface area contributed by atoms with Gasteiger partial charge in [-0.15, -0.1) is 0 Å². The van der Waals surface area contributed by atoms with Gasteiger partial charge < -0.3 is 16.0 Å². The Morgan fingerprint density at radius 1 is 1.26 bits per heavy atom. The molecular weight excluding hydrogens is 346 g/mol. The van der Waals surface area contributed by atoms with Gasteiger partial charge in [-0.1, -0.05) is 26.0 Å². The second kappa shape index (κ2) is 7.96. The number of carbonyl (C=O) groups excluding carboxylic acids is 2. The summed E-state index contributed by atoms with van der Waals surface area (Å²) in [6, 6.07) is 5.02. The molecule has 0 radical (unpaired) electrons. The standard InChI is InChI=1S/C19H29N5O3/c1-13-7-6-8-14-16(13)23(10-9-22(4)5)18(27)24(14)17(26)21-12-19(2,3)11-15(20)25/h6-8H,9-12H2,1-5H3,(H2,20,25)(H,21,26). The molecular formula is C19H29N5O3. The zero-order valence-electron chi connectivity index (χ0n) is 16.7. The normalized spacial score (nSPS) is 11.9. The first-order chi connectivity index (χ1) is 12.5. The maximum absolute atomic E-state index is 13.0. The number of hydrogen-bond donors (Lipinski definition) is 2. The molecule has 1 heterocycles. The Balaban J connectivity index is 2.39. The Hall–Kier alpha value is -2.61. The largest absolute Gasteiger partial charge is 0.370 e. The zero-order chi connectivity index (χ0) is 20.4. The van der Waals surface area contributed by atoms with E-state index >= 15 is 0 Å². The second-order valence-corrected chi connectivity index (χ2v) is 7.98. The molecule has 0 bridgehead atoms. The van der Waals surface area contributed by atoms with Gasteiger partial charge in [-0.3, -0.25) is 9.36 Å². The molecule has 0 saturated carbocycles. The molecule has 8 heteroatoms. The number of benzene rings is 1. The molecule has 148 valence electrons. The number of nitrogens with one attached hydrogen (secondary N) is 1. The van der Waals surface area contributed by atoms with Crippen LogP contribution in [0.1, 0.15) is 25.8 Å². The van der Waals surface area contributed by atoms with Crippen LogP contribution in [-0.2, 0) is 11.3 Å². The number of aromatic nitrogens is 2. The van der Waals surface area contributed by atoms with Crippen LogP contribution in [0.25, 0.3) is 11.0 Å². The highest BCUT2D eigenvalue weighted by atomic mass is 16.2. The van der Waals surface area contributed by atoms with E-state index in [2.05, 4.69) is 5.32 Å². The number of imidazole rings is 1. The van der Waals surface area contributed by atoms with Crippen molar-refractivity contribution < 1.29 is 9.59 Å². The van der Waals surface area contributed by atoms with Gasteiger partial charge in [0.1, 0.15) is 0 Å². The predicted octanol–water partition coefficient (Wildman–Crippen LogP) is 1.13. The molecule has 0 spiro atoms. The van der Waals surface area contributed by atoms with Crippen molar-refractivity contribution in [3.8, 4) is 0 Å². The zero-order valence-corrected chi connectivity index (χ0v) is 16.7. The molecule has 0 fully saturated rings. The minimum absolute atomic E-state index is 0.145. The van der Waals surface area contributed by atoms with Gasteiger partial charge in [-0.05, 0) is 38.1 Å². The van der Waals surface area contributed by atoms with Crippen LogP contribution in [0.5, 0.6) is 0 Å². The van der Waals surface area contributed by atoms with Crippen LogP contribution in [0.2, 0.25) is 0 Å². The summed E-state index contributed by atoms with van der Waals surface area (Å²) in [6.45, 7) is 7.00. The van der Waals surface area contributed by atoms with Crippen molar-refractivity contribution in [3.05, 3.63) is 34.2 Å². The summed E-state index contributed by atoms with van der Waals surface area (Å²) in [4.78, 5) is 38.9. The molecule has 1 aromatic carbocycles. The van der Waals surface area contributed by atoms with E-state index in [0.717, 1.165) is 11.1 Å². The third kappa shape index (κ3) is 4.77. The third-order valence-electron chi connectivity index (χ3n) is 4.49. The highest BCUT2D eigenvalue weighted by Gasteiger charge is 2.24. The molecule has 27 heavy (non-hydrogen) atoms. The minimum Gasteiger partial charge on any atom is -0.370 e. The lowest BCUT2D eigenvalue weighted by Gasteiger charge is -2.23. The quantitative estimate of drug-likeness (QED) is 0.757. The minimum atomic E-state index is -0.503. The summed E-state index contributed by atoms with van der Waals surface area (Å²) in [5, 5.41) is 2.77. The van der Waals surface area contributed by atoms with Gasteiger partial charge in [0.15, 0.2) is 0 Å². The number of nitrogens with two attached hydrogens (primary N) is 1. The molecule has 0 aliphatic rings. The number of hydrogen-bond acceptors (Lipinski definition) is 4. The Kier molecular flexibility index (Phi) is 6.10. The number of fused-ring (bicyclic) bond motifs is 1. The summed E-state index contributed by atoms with van der Waals surface area (Å²) in [5.74, 6) is -0.428. The number of primary amides is 1. The Bertz CT molecular complexity index is 908. The molecule has 0 atom stereocenters. The number of nitrogens with zero attached hydrogens (tertiary/aromatic N) is 3. The first kappa shape index (κ1) is 20.7. The smallest absolute Gasteiger partial charge is 0.337 e. The van der Waals surface area contributed by atoms with Crippen molar-refractivity contribution in [3.63, 3.8) is 0 Å². The lowest BCUT2D eigenvalue weighted by molar-refractivity contribution is -0.119. The van der Waals surface area contributed by atoms with Gasteiger partial charge in [0, 0.05) is 26.1 Å². The molecule has 2 aromatic rings. The molecule has 0 aliphatic carbocycles. The predicted molar refractivity (Wildman–Crippen MR) is 106 cm³/mol. The molecule has 1 aromatic heterocycles. The van der Waals surface area contributed by atoms with E-state index in [9.17, 15) is 14.4 Å². The number of likely N-dealkylation sites (N-methyl/N-ethyl adjacent to an activating group) is 1. The number of para-hydroxylation sites is 1. The molecule has 2 amide bonds. The van der Waals surface area contributed by atoms with Gasteiger partial charge in [0.2, 0.25) is 5.91 Å². The van der Waals surface area contributed by atoms with Crippen molar-refractivity contribution in [2.75, 3.05) is 27.2 Å². The van der Waals surface area contributed by atoms with E-state index in [1.165, 1.54) is 4.57 Å². The van der Waals surface area contributed by atoms with Gasteiger partial charge in [-0.2, -0.15) is 0 Å². The average Bonchev–Trinajstić information content (AvgIpc) is 2.82. The van der Waals surface area contributed by atoms with Crippen LogP contribution in [0.15, 0.2) is 23.0 Å². The summed E-state index contributed by atoms with van der Waals surface area (Å²) in [6.07, 6.45) is 0.145. The van der Waals surface area contributed by atoms with E-state index in [0.29, 0.717) is 18.6 Å². The van der Waals surface area contributed by atoms with Crippen LogP contribution in [0.3, 0.4) is 0 Å². The number of rotatable bonds is 7. The van der Waals surface area contributed by atoms with Gasteiger partial charge in [-0.25, -0.2) is 14.2 Å². The summed E-state index contributed by atoms with van der Waals surface area (Å²) in [5.41, 5.74) is 6.66. The van der Waals surface area contributed by atoms with Crippen molar-refractivity contribution in [1.29, 1.82) is 0 Å². The van der Waals surface area contributed by atoms with E-state index in [1.807, 2.05) is 51.9 Å². The van der Waals surface area contributed by atoms with E-state index in [4.69, 9.17) is 5.73 Å². The van der Waals surface area contributed by atoms with Gasteiger partial charge in [0.05, 0.1) is 11.0 Å². The molecule has 0 unspecified atom stereocenters. The molecule has 3 N–H and O–H groups in total. The third-order valence-corrected chi connectivity index (χ3v) is 4.49. The first-order valence-electron chi connectivity index (χ1n) is 8.95. The number of amides is 2. The highest BCUT2D eigenvalue weighted by molar-refractivity contribution is 5.90. The molecule has 0 aliphatic heterocycles. The fraction of sp³-hybridized carbons (Fsp3) is 0.526. The average molecular weight is 375 g/mol. The van der Waals surface area contributed by atoms with Crippen molar-refractivity contribution in [2.24, 2.45) is 11.1 Å². The molecule has 0 saturated heterocycles. The van der Waals surface area contributed by atoms with Crippen molar-refractivity contribution >= 4 is 23.0 Å². The first-order valence-corrected chi connectivity index (χ1v) is 8.95. The fourth-order valence-electron chi connectivity index (χ4n) is 3.13. The summed E-state index contributed by atoms with van der Waals surface area (Å²) >= 11 is 0. The second-order valence-electron chi connectivity index (χ2n) is 7.98. The fourth-order valence-corrected chi connectivity index (χ4v) is 3.13. The van der Waals surface area contributed by atoms with Crippen LogP contribution < -0.4 is 16.7 Å². The highest BCUT2D eigenvalue weighted by Crippen LogP contribution is 2.20. The SMILES string of the molecule is Cc1cccc2c1n(CCN(C)C)c(=O)n2C(=O)NCC(C)(C)CC(N)=O. The molecule has 2 rings (SSSR count). The lowest BCUT2D eigenvalue weighted by Crippen LogP contribution is -2.42. The Morgan fingerprint density at radius 2 is 1.93 bits per heavy atom. The summed E-state index contributed by atoms with van der Waals surface area (Å²) in [7, 11) is 3.87. The van der Waals surface area contributed by atoms with Crippen molar-refractivity contribution in [2.45, 2.75) is 33.7 Å². The van der Waals surface area contributed by atoms with E-state index < -0.39 is 17.4 Å². The maximum Gasteiger partial charge on any atom is 0.337 e. The lowest BCUT2D eigenvalue weighted by atomic mass is 9.89. The Morgan fingerprint density at radius 3 is 2.52 bits per heavy atom. The van der Waals surface area contributed by atoms with Gasteiger partial charge >= 0.3 is 11.7 Å². The topological polar surface area (TPSA) is 102 Å². The van der Waals surface area contributed by atoms with E-state index in [-0.39, 0.29) is 18.7 Å². The van der Waals surface area contributed by atoms with Gasteiger partial charge in [0.25, 0.3) is 0 Å². The van der Waals surface area contributed by atoms with Crippen molar-refractivity contribution in [1.82, 2.24) is 19.4 Å². The number of carbonyl (C=O) groups is 2. The summed E-state index contributed by atoms with van der Waals surface area (Å²) < 4.78 is 2.80. The van der Waals surface area contributed by atoms with Crippen LogP contribution in [0, 0.1) is 12.3 Å². The maximum atomic E-state index is 13.0. The van der Waals surface area contributed by atoms with Crippen LogP contribution >= 0.6 is 0 Å². The van der Waals surface area contributed by atoms with E-state index in [1.54, 1.807) is 10.6 Å². The number of aryl methyl sites for hydroxylation is 1. The van der Waals surface area contributed by atoms with Crippen LogP contribution in [-0.4, -0.2) is 53.2 Å². The monoisotopic (exact) mass is 375 g/mol. The Labute approximate surface area is 158 Å². The van der Waals surface area contributed by atoms with Crippen LogP contribution in [0.4, 0.5) is 4.79 Å². The molecule has 8 nitrogen and oxygen atoms in total.